The van der Waals surface area contributed by atoms with E-state index >= 15 is 0 Å². The molecule has 2 aliphatic rings. The van der Waals surface area contributed by atoms with Crippen molar-refractivity contribution in [1.82, 2.24) is 5.32 Å². The summed E-state index contributed by atoms with van der Waals surface area (Å²) in [5, 5.41) is 6.66. The van der Waals surface area contributed by atoms with Crippen LogP contribution in [-0.2, 0) is 0 Å². The van der Waals surface area contributed by atoms with E-state index in [-0.39, 0.29) is 17.4 Å². The van der Waals surface area contributed by atoms with Crippen LogP contribution in [0.25, 0.3) is 0 Å². The SMILES string of the molecule is CC1(C)CNc2cc(C(=O)C3CCCCN3)ccc2O1. The highest BCUT2D eigenvalue weighted by atomic mass is 16.5. The number of rotatable bonds is 2. The molecule has 0 saturated carbocycles. The zero-order valence-corrected chi connectivity index (χ0v) is 12.2. The number of fused-ring (bicyclic) bond motifs is 1. The van der Waals surface area contributed by atoms with E-state index in [1.165, 1.54) is 6.42 Å². The fraction of sp³-hybridized carbons (Fsp3) is 0.562. The van der Waals surface area contributed by atoms with Gasteiger partial charge in [-0.3, -0.25) is 4.79 Å². The summed E-state index contributed by atoms with van der Waals surface area (Å²) in [5.74, 6) is 1.02. The number of ether oxygens (including phenoxy) is 1. The number of nitrogens with one attached hydrogen (secondary N) is 2. The molecule has 0 radical (unpaired) electrons. The summed E-state index contributed by atoms with van der Waals surface area (Å²) >= 11 is 0. The fourth-order valence-electron chi connectivity index (χ4n) is 2.83. The summed E-state index contributed by atoms with van der Waals surface area (Å²) < 4.78 is 5.91. The quantitative estimate of drug-likeness (QED) is 0.814. The summed E-state index contributed by atoms with van der Waals surface area (Å²) in [6.45, 7) is 5.79. The monoisotopic (exact) mass is 274 g/mol. The lowest BCUT2D eigenvalue weighted by Crippen LogP contribution is -2.41. The van der Waals surface area contributed by atoms with Crippen LogP contribution < -0.4 is 15.4 Å². The molecule has 0 aliphatic carbocycles. The average Bonchev–Trinajstić information content (AvgIpc) is 2.46. The summed E-state index contributed by atoms with van der Waals surface area (Å²) in [6.07, 6.45) is 3.23. The molecule has 108 valence electrons. The van der Waals surface area contributed by atoms with E-state index in [0.717, 1.165) is 42.9 Å². The number of carbonyl (C=O) groups excluding carboxylic acids is 1. The Balaban J connectivity index is 1.80. The van der Waals surface area contributed by atoms with Crippen LogP contribution in [0.1, 0.15) is 43.5 Å². The Hall–Kier alpha value is -1.55. The topological polar surface area (TPSA) is 50.4 Å². The highest BCUT2D eigenvalue weighted by Crippen LogP contribution is 2.33. The maximum Gasteiger partial charge on any atom is 0.179 e. The van der Waals surface area contributed by atoms with Crippen LogP contribution in [-0.4, -0.2) is 30.5 Å². The molecule has 4 heteroatoms. The molecule has 1 unspecified atom stereocenters. The third-order valence-electron chi connectivity index (χ3n) is 3.98. The number of hydrogen-bond donors (Lipinski definition) is 2. The second kappa shape index (κ2) is 5.09. The summed E-state index contributed by atoms with van der Waals surface area (Å²) in [4.78, 5) is 12.5. The van der Waals surface area contributed by atoms with Gasteiger partial charge in [-0.15, -0.1) is 0 Å². The maximum absolute atomic E-state index is 12.5. The predicted octanol–water partition coefficient (Wildman–Crippen LogP) is 2.59. The van der Waals surface area contributed by atoms with Crippen molar-refractivity contribution in [3.05, 3.63) is 23.8 Å². The largest absolute Gasteiger partial charge is 0.484 e. The molecule has 1 atom stereocenters. The number of anilines is 1. The molecule has 1 aromatic carbocycles. The molecular formula is C16H22N2O2. The molecule has 2 aliphatic heterocycles. The van der Waals surface area contributed by atoms with E-state index in [4.69, 9.17) is 4.74 Å². The van der Waals surface area contributed by atoms with E-state index in [0.29, 0.717) is 0 Å². The van der Waals surface area contributed by atoms with Gasteiger partial charge in [0.1, 0.15) is 11.4 Å². The molecule has 1 aromatic rings. The molecule has 0 aromatic heterocycles. The zero-order valence-electron chi connectivity index (χ0n) is 12.2. The number of Topliss-reactive ketones (excluding diaryl/α,β-unsaturated/α-hetero) is 1. The van der Waals surface area contributed by atoms with Crippen LogP contribution in [0, 0.1) is 0 Å². The average molecular weight is 274 g/mol. The molecule has 0 bridgehead atoms. The Morgan fingerprint density at radius 1 is 1.35 bits per heavy atom. The normalized spacial score (nSPS) is 24.2. The molecule has 2 heterocycles. The van der Waals surface area contributed by atoms with Crippen LogP contribution >= 0.6 is 0 Å². The molecule has 0 amide bonds. The van der Waals surface area contributed by atoms with Crippen LogP contribution in [0.4, 0.5) is 5.69 Å². The lowest BCUT2D eigenvalue weighted by Gasteiger charge is -2.33. The lowest BCUT2D eigenvalue weighted by atomic mass is 9.95. The fourth-order valence-corrected chi connectivity index (χ4v) is 2.83. The van der Waals surface area contributed by atoms with Gasteiger partial charge in [0.15, 0.2) is 5.78 Å². The Labute approximate surface area is 119 Å². The van der Waals surface area contributed by atoms with Crippen molar-refractivity contribution in [3.63, 3.8) is 0 Å². The Morgan fingerprint density at radius 3 is 2.95 bits per heavy atom. The number of carbonyl (C=O) groups is 1. The van der Waals surface area contributed by atoms with Crippen LogP contribution in [0.5, 0.6) is 5.75 Å². The number of hydrogen-bond acceptors (Lipinski definition) is 4. The van der Waals surface area contributed by atoms with Crippen molar-refractivity contribution in [2.75, 3.05) is 18.4 Å². The van der Waals surface area contributed by atoms with Crippen molar-refractivity contribution >= 4 is 11.5 Å². The molecule has 2 N–H and O–H groups in total. The molecule has 20 heavy (non-hydrogen) atoms. The van der Waals surface area contributed by atoms with E-state index in [1.807, 2.05) is 32.0 Å². The molecular weight excluding hydrogens is 252 g/mol. The smallest absolute Gasteiger partial charge is 0.179 e. The van der Waals surface area contributed by atoms with Gasteiger partial charge >= 0.3 is 0 Å². The molecule has 3 rings (SSSR count). The second-order valence-electron chi connectivity index (χ2n) is 6.29. The van der Waals surface area contributed by atoms with Crippen molar-refractivity contribution in [2.45, 2.75) is 44.8 Å². The van der Waals surface area contributed by atoms with Gasteiger partial charge in [0, 0.05) is 5.56 Å². The first-order valence-corrected chi connectivity index (χ1v) is 7.40. The van der Waals surface area contributed by atoms with Gasteiger partial charge in [-0.25, -0.2) is 0 Å². The van der Waals surface area contributed by atoms with Gasteiger partial charge in [0.2, 0.25) is 0 Å². The van der Waals surface area contributed by atoms with E-state index in [2.05, 4.69) is 10.6 Å². The second-order valence-corrected chi connectivity index (χ2v) is 6.29. The lowest BCUT2D eigenvalue weighted by molar-refractivity contribution is 0.0927. The van der Waals surface area contributed by atoms with E-state index in [9.17, 15) is 4.79 Å². The first-order chi connectivity index (χ1) is 9.55. The molecule has 1 fully saturated rings. The maximum atomic E-state index is 12.5. The van der Waals surface area contributed by atoms with Crippen molar-refractivity contribution < 1.29 is 9.53 Å². The van der Waals surface area contributed by atoms with Crippen LogP contribution in [0.2, 0.25) is 0 Å². The Kier molecular flexibility index (Phi) is 3.42. The van der Waals surface area contributed by atoms with Crippen molar-refractivity contribution in [1.29, 1.82) is 0 Å². The first kappa shape index (κ1) is 13.4. The van der Waals surface area contributed by atoms with Crippen LogP contribution in [0.3, 0.4) is 0 Å². The van der Waals surface area contributed by atoms with Crippen molar-refractivity contribution in [3.8, 4) is 5.75 Å². The van der Waals surface area contributed by atoms with Gasteiger partial charge < -0.3 is 15.4 Å². The number of piperidine rings is 1. The third-order valence-corrected chi connectivity index (χ3v) is 3.98. The first-order valence-electron chi connectivity index (χ1n) is 7.40. The number of ketones is 1. The third kappa shape index (κ3) is 2.66. The van der Waals surface area contributed by atoms with E-state index < -0.39 is 0 Å². The molecule has 1 saturated heterocycles. The zero-order chi connectivity index (χ0) is 14.2. The number of benzene rings is 1. The van der Waals surface area contributed by atoms with Gasteiger partial charge in [0.05, 0.1) is 18.3 Å². The summed E-state index contributed by atoms with van der Waals surface area (Å²) in [5.41, 5.74) is 1.48. The molecule has 4 nitrogen and oxygen atoms in total. The highest BCUT2D eigenvalue weighted by molar-refractivity contribution is 6.01. The summed E-state index contributed by atoms with van der Waals surface area (Å²) in [7, 11) is 0. The minimum Gasteiger partial charge on any atom is -0.484 e. The minimum atomic E-state index is -0.205. The molecule has 0 spiro atoms. The van der Waals surface area contributed by atoms with Crippen LogP contribution in [0.15, 0.2) is 18.2 Å². The predicted molar refractivity (Wildman–Crippen MR) is 79.6 cm³/mol. The Morgan fingerprint density at radius 2 is 2.20 bits per heavy atom. The minimum absolute atomic E-state index is 0.0252. The van der Waals surface area contributed by atoms with Gasteiger partial charge in [-0.05, 0) is 51.4 Å². The standard InChI is InChI=1S/C16H22N2O2/c1-16(2)10-18-13-9-11(6-7-14(13)20-16)15(19)12-5-3-4-8-17-12/h6-7,9,12,17-18H,3-5,8,10H2,1-2H3. The summed E-state index contributed by atoms with van der Waals surface area (Å²) in [6, 6.07) is 5.67. The Bertz CT molecular complexity index is 519. The van der Waals surface area contributed by atoms with E-state index in [1.54, 1.807) is 0 Å². The van der Waals surface area contributed by atoms with Gasteiger partial charge in [0.25, 0.3) is 0 Å². The highest BCUT2D eigenvalue weighted by Gasteiger charge is 2.28. The van der Waals surface area contributed by atoms with Gasteiger partial charge in [-0.1, -0.05) is 6.42 Å². The van der Waals surface area contributed by atoms with Gasteiger partial charge in [-0.2, -0.15) is 0 Å². The van der Waals surface area contributed by atoms with Crippen molar-refractivity contribution in [2.24, 2.45) is 0 Å².